The molecule has 0 aliphatic carbocycles. The molecule has 1 heterocycles. The Labute approximate surface area is 89.7 Å². The van der Waals surface area contributed by atoms with E-state index < -0.39 is 9.04 Å². The Morgan fingerprint density at radius 2 is 1.93 bits per heavy atom. The summed E-state index contributed by atoms with van der Waals surface area (Å²) in [4.78, 5) is 0. The lowest BCUT2D eigenvalue weighted by atomic mass is 10.2. The fraction of sp³-hybridized carbons (Fsp3) is 1.00. The van der Waals surface area contributed by atoms with Crippen LogP contribution in [-0.4, -0.2) is 28.4 Å². The van der Waals surface area contributed by atoms with Crippen LogP contribution in [0.1, 0.15) is 40.5 Å². The van der Waals surface area contributed by atoms with Gasteiger partial charge in [-0.25, -0.2) is 0 Å². The lowest BCUT2D eigenvalue weighted by Crippen LogP contribution is -2.29. The van der Waals surface area contributed by atoms with Gasteiger partial charge in [0.2, 0.25) is 9.04 Å². The minimum absolute atomic E-state index is 0.382. The van der Waals surface area contributed by atoms with Gasteiger partial charge in [-0.2, -0.15) is 0 Å². The molecular formula is C11H23O2Si. The molecule has 0 aromatic heterocycles. The SMILES string of the molecule is CC(C)[Si](OCC1CCCO1)C(C)C. The Kier molecular flexibility index (Phi) is 5.13. The minimum Gasteiger partial charge on any atom is -0.413 e. The molecule has 0 N–H and O–H groups in total. The van der Waals surface area contributed by atoms with Crippen molar-refractivity contribution < 1.29 is 9.16 Å². The van der Waals surface area contributed by atoms with Crippen LogP contribution in [0.5, 0.6) is 0 Å². The van der Waals surface area contributed by atoms with Gasteiger partial charge in [0.1, 0.15) is 0 Å². The minimum atomic E-state index is -0.646. The van der Waals surface area contributed by atoms with Crippen LogP contribution in [0.4, 0.5) is 0 Å². The van der Waals surface area contributed by atoms with E-state index in [1.807, 2.05) is 0 Å². The zero-order valence-electron chi connectivity index (χ0n) is 9.88. The van der Waals surface area contributed by atoms with Crippen molar-refractivity contribution in [1.82, 2.24) is 0 Å². The highest BCUT2D eigenvalue weighted by Gasteiger charge is 2.24. The van der Waals surface area contributed by atoms with Gasteiger partial charge in [-0.15, -0.1) is 0 Å². The Balaban J connectivity index is 2.25. The zero-order chi connectivity index (χ0) is 10.6. The Morgan fingerprint density at radius 3 is 2.36 bits per heavy atom. The average Bonchev–Trinajstić information content (AvgIpc) is 2.55. The largest absolute Gasteiger partial charge is 0.413 e. The van der Waals surface area contributed by atoms with Crippen molar-refractivity contribution in [3.8, 4) is 0 Å². The van der Waals surface area contributed by atoms with Crippen LogP contribution in [0.2, 0.25) is 11.1 Å². The van der Waals surface area contributed by atoms with E-state index in [0.29, 0.717) is 17.2 Å². The van der Waals surface area contributed by atoms with Crippen LogP contribution in [0.3, 0.4) is 0 Å². The maximum atomic E-state index is 6.03. The van der Waals surface area contributed by atoms with E-state index in [1.165, 1.54) is 12.8 Å². The first-order chi connectivity index (χ1) is 6.61. The van der Waals surface area contributed by atoms with Gasteiger partial charge in [-0.05, 0) is 23.9 Å². The normalized spacial score (nSPS) is 22.9. The molecule has 83 valence electrons. The van der Waals surface area contributed by atoms with E-state index in [0.717, 1.165) is 13.2 Å². The van der Waals surface area contributed by atoms with Crippen molar-refractivity contribution in [3.05, 3.63) is 0 Å². The van der Waals surface area contributed by atoms with Crippen molar-refractivity contribution in [2.24, 2.45) is 0 Å². The second-order valence-corrected chi connectivity index (χ2v) is 8.06. The van der Waals surface area contributed by atoms with Crippen LogP contribution < -0.4 is 0 Å². The summed E-state index contributed by atoms with van der Waals surface area (Å²) in [5.74, 6) is 0. The highest BCUT2D eigenvalue weighted by Crippen LogP contribution is 2.22. The van der Waals surface area contributed by atoms with Gasteiger partial charge < -0.3 is 9.16 Å². The Morgan fingerprint density at radius 1 is 1.29 bits per heavy atom. The monoisotopic (exact) mass is 215 g/mol. The predicted molar refractivity (Wildman–Crippen MR) is 60.9 cm³/mol. The summed E-state index contributed by atoms with van der Waals surface area (Å²) < 4.78 is 11.6. The van der Waals surface area contributed by atoms with Gasteiger partial charge in [-0.3, -0.25) is 0 Å². The van der Waals surface area contributed by atoms with Gasteiger partial charge in [0, 0.05) is 6.61 Å². The molecule has 0 spiro atoms. The fourth-order valence-corrected chi connectivity index (χ4v) is 4.34. The molecule has 1 aliphatic heterocycles. The molecule has 1 unspecified atom stereocenters. The third-order valence-corrected chi connectivity index (χ3v) is 5.37. The maximum Gasteiger partial charge on any atom is 0.216 e. The molecule has 0 aromatic carbocycles. The molecule has 3 heteroatoms. The average molecular weight is 215 g/mol. The van der Waals surface area contributed by atoms with E-state index >= 15 is 0 Å². The molecule has 0 saturated carbocycles. The summed E-state index contributed by atoms with van der Waals surface area (Å²) >= 11 is 0. The Hall–Kier alpha value is 0.137. The molecular weight excluding hydrogens is 192 g/mol. The second-order valence-electron chi connectivity index (χ2n) is 4.66. The van der Waals surface area contributed by atoms with Crippen LogP contribution in [0.15, 0.2) is 0 Å². The van der Waals surface area contributed by atoms with Crippen LogP contribution >= 0.6 is 0 Å². The number of hydrogen-bond donors (Lipinski definition) is 0. The second kappa shape index (κ2) is 5.88. The van der Waals surface area contributed by atoms with Crippen LogP contribution in [0.25, 0.3) is 0 Å². The van der Waals surface area contributed by atoms with Crippen molar-refractivity contribution in [3.63, 3.8) is 0 Å². The van der Waals surface area contributed by atoms with Crippen molar-refractivity contribution >= 4 is 9.04 Å². The van der Waals surface area contributed by atoms with Crippen LogP contribution in [-0.2, 0) is 9.16 Å². The van der Waals surface area contributed by atoms with E-state index in [1.54, 1.807) is 0 Å². The van der Waals surface area contributed by atoms with Gasteiger partial charge in [-0.1, -0.05) is 27.7 Å². The van der Waals surface area contributed by atoms with Crippen molar-refractivity contribution in [2.45, 2.75) is 57.7 Å². The third kappa shape index (κ3) is 3.71. The fourth-order valence-electron chi connectivity index (χ4n) is 1.96. The summed E-state index contributed by atoms with van der Waals surface area (Å²) in [5, 5.41) is 0. The molecule has 1 atom stereocenters. The first-order valence-electron chi connectivity index (χ1n) is 5.72. The summed E-state index contributed by atoms with van der Waals surface area (Å²) in [7, 11) is -0.646. The molecule has 1 rings (SSSR count). The van der Waals surface area contributed by atoms with E-state index in [-0.39, 0.29) is 0 Å². The zero-order valence-corrected chi connectivity index (χ0v) is 10.9. The molecule has 14 heavy (non-hydrogen) atoms. The van der Waals surface area contributed by atoms with E-state index in [2.05, 4.69) is 27.7 Å². The molecule has 1 aliphatic rings. The summed E-state index contributed by atoms with van der Waals surface area (Å²) in [6, 6.07) is 0. The standard InChI is InChI=1S/C11H23O2Si/c1-9(2)14(10(3)4)13-8-11-6-5-7-12-11/h9-11H,5-8H2,1-4H3. The molecule has 1 fully saturated rings. The predicted octanol–water partition coefficient (Wildman–Crippen LogP) is 2.99. The van der Waals surface area contributed by atoms with Crippen molar-refractivity contribution in [2.75, 3.05) is 13.2 Å². The topological polar surface area (TPSA) is 18.5 Å². The Bertz CT molecular complexity index is 145. The first kappa shape index (κ1) is 12.2. The number of hydrogen-bond acceptors (Lipinski definition) is 2. The molecule has 0 amide bonds. The summed E-state index contributed by atoms with van der Waals surface area (Å²) in [5.41, 5.74) is 1.39. The van der Waals surface area contributed by atoms with Gasteiger partial charge in [0.25, 0.3) is 0 Å². The van der Waals surface area contributed by atoms with Crippen molar-refractivity contribution in [1.29, 1.82) is 0 Å². The van der Waals surface area contributed by atoms with E-state index in [4.69, 9.17) is 9.16 Å². The first-order valence-corrected chi connectivity index (χ1v) is 7.28. The molecule has 0 aromatic rings. The number of rotatable bonds is 5. The van der Waals surface area contributed by atoms with Gasteiger partial charge >= 0.3 is 0 Å². The lowest BCUT2D eigenvalue weighted by Gasteiger charge is -2.23. The van der Waals surface area contributed by atoms with Crippen LogP contribution in [0, 0.1) is 0 Å². The maximum absolute atomic E-state index is 6.03. The highest BCUT2D eigenvalue weighted by atomic mass is 28.3. The third-order valence-electron chi connectivity index (χ3n) is 2.60. The number of ether oxygens (including phenoxy) is 1. The highest BCUT2D eigenvalue weighted by molar-refractivity contribution is 6.54. The summed E-state index contributed by atoms with van der Waals surface area (Å²) in [6.07, 6.45) is 2.78. The quantitative estimate of drug-likeness (QED) is 0.656. The van der Waals surface area contributed by atoms with Gasteiger partial charge in [0.15, 0.2) is 0 Å². The molecule has 0 bridgehead atoms. The molecule has 2 nitrogen and oxygen atoms in total. The van der Waals surface area contributed by atoms with E-state index in [9.17, 15) is 0 Å². The smallest absolute Gasteiger partial charge is 0.216 e. The molecule has 1 saturated heterocycles. The van der Waals surface area contributed by atoms with Gasteiger partial charge in [0.05, 0.1) is 12.7 Å². The lowest BCUT2D eigenvalue weighted by molar-refractivity contribution is 0.0657. The molecule has 1 radical (unpaired) electrons. The summed E-state index contributed by atoms with van der Waals surface area (Å²) in [6.45, 7) is 10.8.